The van der Waals surface area contributed by atoms with E-state index in [0.29, 0.717) is 5.71 Å². The highest BCUT2D eigenvalue weighted by Crippen LogP contribution is 2.10. The van der Waals surface area contributed by atoms with E-state index < -0.39 is 16.6 Å². The number of hydrogen-bond acceptors (Lipinski definition) is 4. The molecule has 100 valence electrons. The summed E-state index contributed by atoms with van der Waals surface area (Å²) in [6, 6.07) is 0. The third kappa shape index (κ3) is 8.15. The minimum absolute atomic E-state index is 0.00944. The fourth-order valence-electron chi connectivity index (χ4n) is 0.895. The first kappa shape index (κ1) is 16.4. The van der Waals surface area contributed by atoms with E-state index in [9.17, 15) is 4.79 Å². The maximum Gasteiger partial charge on any atom is 0.342 e. The molecule has 0 bridgehead atoms. The zero-order chi connectivity index (χ0) is 13.9. The SMILES string of the molecule is CC(C)/C(=N\O[Si](C)(C)C)C(=O)O[Si](C)(C)C. The minimum atomic E-state index is -1.88. The van der Waals surface area contributed by atoms with Crippen molar-refractivity contribution in [1.82, 2.24) is 0 Å². The lowest BCUT2D eigenvalue weighted by atomic mass is 10.1. The zero-order valence-electron chi connectivity index (χ0n) is 12.2. The topological polar surface area (TPSA) is 47.9 Å². The minimum Gasteiger partial charge on any atom is -0.515 e. The number of nitrogens with zero attached hydrogens (tertiary/aromatic N) is 1. The summed E-state index contributed by atoms with van der Waals surface area (Å²) in [7, 11) is -3.63. The van der Waals surface area contributed by atoms with Crippen LogP contribution in [0.3, 0.4) is 0 Å². The molecule has 0 fully saturated rings. The van der Waals surface area contributed by atoms with Crippen LogP contribution in [0.4, 0.5) is 0 Å². The van der Waals surface area contributed by atoms with E-state index in [4.69, 9.17) is 8.95 Å². The second-order valence-electron chi connectivity index (χ2n) is 6.34. The van der Waals surface area contributed by atoms with E-state index in [-0.39, 0.29) is 11.9 Å². The highest BCUT2D eigenvalue weighted by atomic mass is 28.4. The van der Waals surface area contributed by atoms with Crippen LogP contribution in [0.15, 0.2) is 5.16 Å². The third-order valence-corrected chi connectivity index (χ3v) is 3.01. The Morgan fingerprint density at radius 1 is 1.00 bits per heavy atom. The van der Waals surface area contributed by atoms with Crippen molar-refractivity contribution >= 4 is 28.3 Å². The van der Waals surface area contributed by atoms with Gasteiger partial charge in [0.15, 0.2) is 5.71 Å². The van der Waals surface area contributed by atoms with E-state index in [0.717, 1.165) is 0 Å². The highest BCUT2D eigenvalue weighted by molar-refractivity contribution is 6.73. The molecule has 0 aromatic rings. The molecule has 17 heavy (non-hydrogen) atoms. The summed E-state index contributed by atoms with van der Waals surface area (Å²) < 4.78 is 10.9. The molecule has 0 saturated heterocycles. The molecule has 0 aromatic heterocycles. The molecule has 0 atom stereocenters. The van der Waals surface area contributed by atoms with E-state index in [1.165, 1.54) is 0 Å². The van der Waals surface area contributed by atoms with Gasteiger partial charge in [-0.05, 0) is 39.3 Å². The third-order valence-electron chi connectivity index (χ3n) is 1.57. The summed E-state index contributed by atoms with van der Waals surface area (Å²) in [6.07, 6.45) is 0. The van der Waals surface area contributed by atoms with Gasteiger partial charge in [0, 0.05) is 5.92 Å². The van der Waals surface area contributed by atoms with Crippen LogP contribution in [0.1, 0.15) is 13.8 Å². The standard InChI is InChI=1S/C11H25NO3Si2/c1-9(2)10(12-15-17(6,7)8)11(13)14-16(3,4)5/h9H,1-8H3/b12-10+. The Balaban J connectivity index is 4.81. The Kier molecular flexibility index (Phi) is 5.60. The normalized spacial score (nSPS) is 13.8. The summed E-state index contributed by atoms with van der Waals surface area (Å²) in [6.45, 7) is 15.8. The maximum atomic E-state index is 11.9. The summed E-state index contributed by atoms with van der Waals surface area (Å²) in [5.74, 6) is -0.326. The van der Waals surface area contributed by atoms with Crippen LogP contribution in [0, 0.1) is 5.92 Å². The zero-order valence-corrected chi connectivity index (χ0v) is 14.2. The molecular weight excluding hydrogens is 250 g/mol. The molecule has 0 aromatic carbocycles. The monoisotopic (exact) mass is 275 g/mol. The largest absolute Gasteiger partial charge is 0.515 e. The van der Waals surface area contributed by atoms with Crippen molar-refractivity contribution in [2.24, 2.45) is 11.1 Å². The van der Waals surface area contributed by atoms with Gasteiger partial charge < -0.3 is 8.95 Å². The molecule has 0 spiro atoms. The molecule has 4 nitrogen and oxygen atoms in total. The Labute approximate surface area is 107 Å². The number of carbonyl (C=O) groups is 1. The molecule has 0 aliphatic heterocycles. The average molecular weight is 275 g/mol. The van der Waals surface area contributed by atoms with Crippen LogP contribution in [0.5, 0.6) is 0 Å². The quantitative estimate of drug-likeness (QED) is 0.440. The Bertz CT molecular complexity index is 301. The fourth-order valence-corrected chi connectivity index (χ4v) is 1.93. The molecule has 0 radical (unpaired) electrons. The lowest BCUT2D eigenvalue weighted by molar-refractivity contribution is -0.128. The molecule has 0 saturated carbocycles. The van der Waals surface area contributed by atoms with Crippen molar-refractivity contribution in [3.8, 4) is 0 Å². The van der Waals surface area contributed by atoms with E-state index in [1.807, 2.05) is 53.1 Å². The molecule has 6 heteroatoms. The van der Waals surface area contributed by atoms with E-state index >= 15 is 0 Å². The lowest BCUT2D eigenvalue weighted by Crippen LogP contribution is -2.35. The van der Waals surface area contributed by atoms with Gasteiger partial charge in [-0.3, -0.25) is 0 Å². The molecular formula is C11H25NO3Si2. The van der Waals surface area contributed by atoms with Gasteiger partial charge >= 0.3 is 5.97 Å². The van der Waals surface area contributed by atoms with Crippen LogP contribution in [-0.4, -0.2) is 28.3 Å². The van der Waals surface area contributed by atoms with Crippen molar-refractivity contribution in [2.75, 3.05) is 0 Å². The second-order valence-corrected chi connectivity index (χ2v) is 15.2. The van der Waals surface area contributed by atoms with Gasteiger partial charge in [-0.15, -0.1) is 0 Å². The van der Waals surface area contributed by atoms with Crippen LogP contribution in [0.25, 0.3) is 0 Å². The van der Waals surface area contributed by atoms with Gasteiger partial charge in [-0.25, -0.2) is 4.79 Å². The van der Waals surface area contributed by atoms with Crippen LogP contribution >= 0.6 is 0 Å². The summed E-state index contributed by atoms with van der Waals surface area (Å²) in [4.78, 5) is 11.9. The molecule has 0 amide bonds. The van der Waals surface area contributed by atoms with Gasteiger partial charge in [0.2, 0.25) is 8.32 Å². The van der Waals surface area contributed by atoms with Crippen molar-refractivity contribution in [1.29, 1.82) is 0 Å². The summed E-state index contributed by atoms with van der Waals surface area (Å²) in [5, 5.41) is 4.00. The van der Waals surface area contributed by atoms with Gasteiger partial charge in [0.25, 0.3) is 8.32 Å². The Morgan fingerprint density at radius 2 is 1.47 bits per heavy atom. The number of hydrogen-bond donors (Lipinski definition) is 0. The summed E-state index contributed by atoms with van der Waals surface area (Å²) >= 11 is 0. The molecule has 0 N–H and O–H groups in total. The molecule has 0 heterocycles. The molecule has 0 unspecified atom stereocenters. The maximum absolute atomic E-state index is 11.9. The van der Waals surface area contributed by atoms with Crippen LogP contribution in [0.2, 0.25) is 39.3 Å². The number of oxime groups is 1. The highest BCUT2D eigenvalue weighted by Gasteiger charge is 2.26. The number of rotatable bonds is 5. The first-order valence-electron chi connectivity index (χ1n) is 5.92. The van der Waals surface area contributed by atoms with Crippen molar-refractivity contribution < 1.29 is 13.7 Å². The molecule has 0 rings (SSSR count). The van der Waals surface area contributed by atoms with Crippen LogP contribution in [-0.2, 0) is 13.7 Å². The van der Waals surface area contributed by atoms with Crippen molar-refractivity contribution in [3.63, 3.8) is 0 Å². The first-order valence-corrected chi connectivity index (χ1v) is 12.7. The predicted molar refractivity (Wildman–Crippen MR) is 76.1 cm³/mol. The number of carbonyl (C=O) groups excluding carboxylic acids is 1. The Morgan fingerprint density at radius 3 is 1.76 bits per heavy atom. The lowest BCUT2D eigenvalue weighted by Gasteiger charge is -2.20. The summed E-state index contributed by atoms with van der Waals surface area (Å²) in [5.41, 5.74) is 0.384. The van der Waals surface area contributed by atoms with Gasteiger partial charge in [-0.2, -0.15) is 0 Å². The second kappa shape index (κ2) is 5.81. The van der Waals surface area contributed by atoms with Crippen molar-refractivity contribution in [3.05, 3.63) is 0 Å². The van der Waals surface area contributed by atoms with E-state index in [2.05, 4.69) is 5.16 Å². The van der Waals surface area contributed by atoms with Gasteiger partial charge in [0.05, 0.1) is 0 Å². The Hall–Kier alpha value is -0.626. The average Bonchev–Trinajstić information content (AvgIpc) is 1.96. The fraction of sp³-hybridized carbons (Fsp3) is 0.818. The van der Waals surface area contributed by atoms with Gasteiger partial charge in [-0.1, -0.05) is 19.0 Å². The molecule has 0 aliphatic carbocycles. The van der Waals surface area contributed by atoms with Crippen LogP contribution < -0.4 is 0 Å². The molecule has 0 aliphatic rings. The van der Waals surface area contributed by atoms with Gasteiger partial charge in [0.1, 0.15) is 0 Å². The predicted octanol–water partition coefficient (Wildman–Crippen LogP) is 3.23. The smallest absolute Gasteiger partial charge is 0.342 e. The van der Waals surface area contributed by atoms with Crippen molar-refractivity contribution in [2.45, 2.75) is 53.1 Å². The van der Waals surface area contributed by atoms with E-state index in [1.54, 1.807) is 0 Å². The first-order chi connectivity index (χ1) is 7.42.